The molecule has 4 nitrogen and oxygen atoms in total. The van der Waals surface area contributed by atoms with E-state index in [1.54, 1.807) is 6.92 Å². The predicted molar refractivity (Wildman–Crippen MR) is 57.2 cm³/mol. The number of ether oxygens (including phenoxy) is 1. The fourth-order valence-corrected chi connectivity index (χ4v) is 1.75. The lowest BCUT2D eigenvalue weighted by atomic mass is 9.66. The SMILES string of the molecule is CC(O)[C@]1(N)C[C@@H](C(=O)OC(C)(C)C)C1. The number of carbonyl (C=O) groups is 1. The molecule has 0 bridgehead atoms. The van der Waals surface area contributed by atoms with Gasteiger partial charge in [-0.1, -0.05) is 0 Å². The van der Waals surface area contributed by atoms with Crippen molar-refractivity contribution in [2.75, 3.05) is 0 Å². The Hall–Kier alpha value is -0.610. The number of carbonyl (C=O) groups excluding carboxylic acids is 1. The first kappa shape index (κ1) is 12.5. The van der Waals surface area contributed by atoms with E-state index in [1.807, 2.05) is 20.8 Å². The Balaban J connectivity index is 2.42. The lowest BCUT2D eigenvalue weighted by molar-refractivity contribution is -0.167. The van der Waals surface area contributed by atoms with Crippen LogP contribution in [0.5, 0.6) is 0 Å². The van der Waals surface area contributed by atoms with Crippen molar-refractivity contribution in [1.82, 2.24) is 0 Å². The maximum Gasteiger partial charge on any atom is 0.309 e. The molecule has 1 atom stereocenters. The Morgan fingerprint density at radius 3 is 2.33 bits per heavy atom. The van der Waals surface area contributed by atoms with Gasteiger partial charge in [0.25, 0.3) is 0 Å². The lowest BCUT2D eigenvalue weighted by Crippen LogP contribution is -2.61. The number of esters is 1. The van der Waals surface area contributed by atoms with Crippen molar-refractivity contribution in [3.63, 3.8) is 0 Å². The van der Waals surface area contributed by atoms with E-state index in [0.717, 1.165) is 0 Å². The molecule has 3 N–H and O–H groups in total. The maximum atomic E-state index is 11.6. The first-order valence-electron chi connectivity index (χ1n) is 5.34. The van der Waals surface area contributed by atoms with Crippen LogP contribution in [-0.4, -0.2) is 28.3 Å². The summed E-state index contributed by atoms with van der Waals surface area (Å²) in [6.45, 7) is 7.18. The Morgan fingerprint density at radius 2 is 2.00 bits per heavy atom. The summed E-state index contributed by atoms with van der Waals surface area (Å²) in [7, 11) is 0. The molecule has 0 aliphatic heterocycles. The molecule has 1 aliphatic carbocycles. The molecule has 1 unspecified atom stereocenters. The second-order valence-electron chi connectivity index (χ2n) is 5.55. The van der Waals surface area contributed by atoms with Gasteiger partial charge in [0.2, 0.25) is 0 Å². The molecule has 0 amide bonds. The standard InChI is InChI=1S/C11H21NO3/c1-7(13)11(12)5-8(6-11)9(14)15-10(2,3)4/h7-8,13H,5-6,12H2,1-4H3/t7?,8-,11+. The van der Waals surface area contributed by atoms with Gasteiger partial charge in [0.1, 0.15) is 5.60 Å². The zero-order valence-corrected chi connectivity index (χ0v) is 9.91. The molecule has 1 rings (SSSR count). The molecule has 88 valence electrons. The third-order valence-electron chi connectivity index (χ3n) is 2.83. The highest BCUT2D eigenvalue weighted by Gasteiger charge is 2.48. The highest BCUT2D eigenvalue weighted by atomic mass is 16.6. The van der Waals surface area contributed by atoms with Crippen LogP contribution in [0.1, 0.15) is 40.5 Å². The summed E-state index contributed by atoms with van der Waals surface area (Å²) in [5, 5.41) is 9.39. The molecule has 0 aromatic carbocycles. The van der Waals surface area contributed by atoms with Gasteiger partial charge >= 0.3 is 5.97 Å². The Labute approximate surface area is 90.8 Å². The summed E-state index contributed by atoms with van der Waals surface area (Å²) in [5.74, 6) is -0.354. The van der Waals surface area contributed by atoms with Crippen LogP contribution in [0.3, 0.4) is 0 Å². The average molecular weight is 215 g/mol. The second-order valence-corrected chi connectivity index (χ2v) is 5.55. The van der Waals surface area contributed by atoms with Crippen molar-refractivity contribution < 1.29 is 14.6 Å². The topological polar surface area (TPSA) is 72.5 Å². The van der Waals surface area contributed by atoms with Crippen molar-refractivity contribution >= 4 is 5.97 Å². The van der Waals surface area contributed by atoms with Gasteiger partial charge in [-0.3, -0.25) is 4.79 Å². The minimum absolute atomic E-state index is 0.149. The fraction of sp³-hybridized carbons (Fsp3) is 0.909. The van der Waals surface area contributed by atoms with Gasteiger partial charge in [-0.05, 0) is 40.5 Å². The van der Waals surface area contributed by atoms with Crippen LogP contribution in [0, 0.1) is 5.92 Å². The van der Waals surface area contributed by atoms with Crippen molar-refractivity contribution in [2.24, 2.45) is 11.7 Å². The van der Waals surface area contributed by atoms with Crippen LogP contribution < -0.4 is 5.73 Å². The van der Waals surface area contributed by atoms with Crippen LogP contribution in [0.2, 0.25) is 0 Å². The minimum Gasteiger partial charge on any atom is -0.460 e. The van der Waals surface area contributed by atoms with Gasteiger partial charge in [-0.2, -0.15) is 0 Å². The zero-order chi connectivity index (χ0) is 11.9. The second kappa shape index (κ2) is 3.76. The highest BCUT2D eigenvalue weighted by molar-refractivity contribution is 5.74. The van der Waals surface area contributed by atoms with E-state index in [2.05, 4.69) is 0 Å². The molecule has 1 aliphatic rings. The third-order valence-corrected chi connectivity index (χ3v) is 2.83. The van der Waals surface area contributed by atoms with Crippen molar-refractivity contribution in [2.45, 2.75) is 57.8 Å². The molecule has 15 heavy (non-hydrogen) atoms. The van der Waals surface area contributed by atoms with Crippen LogP contribution in [0.25, 0.3) is 0 Å². The molecule has 1 fully saturated rings. The summed E-state index contributed by atoms with van der Waals surface area (Å²) in [4.78, 5) is 11.6. The Kier molecular flexibility index (Phi) is 3.12. The number of aliphatic hydroxyl groups is 1. The van der Waals surface area contributed by atoms with Gasteiger partial charge in [-0.25, -0.2) is 0 Å². The molecule has 0 spiro atoms. The summed E-state index contributed by atoms with van der Waals surface area (Å²) < 4.78 is 5.24. The summed E-state index contributed by atoms with van der Waals surface area (Å²) in [6.07, 6.45) is 0.454. The average Bonchev–Trinajstić information content (AvgIpc) is 1.94. The third kappa shape index (κ3) is 2.92. The summed E-state index contributed by atoms with van der Waals surface area (Å²) >= 11 is 0. The molecule has 0 heterocycles. The molecule has 0 aromatic heterocycles. The number of rotatable bonds is 2. The van der Waals surface area contributed by atoms with Crippen LogP contribution in [0.4, 0.5) is 0 Å². The van der Waals surface area contributed by atoms with E-state index >= 15 is 0 Å². The molecule has 1 saturated carbocycles. The number of hydrogen-bond acceptors (Lipinski definition) is 4. The quantitative estimate of drug-likeness (QED) is 0.669. The minimum atomic E-state index is -0.596. The van der Waals surface area contributed by atoms with Crippen LogP contribution in [-0.2, 0) is 9.53 Å². The molecule has 0 radical (unpaired) electrons. The Morgan fingerprint density at radius 1 is 1.53 bits per heavy atom. The van der Waals surface area contributed by atoms with Gasteiger partial charge in [0.15, 0.2) is 0 Å². The van der Waals surface area contributed by atoms with E-state index in [0.29, 0.717) is 12.8 Å². The van der Waals surface area contributed by atoms with Gasteiger partial charge < -0.3 is 15.6 Å². The van der Waals surface area contributed by atoms with Crippen molar-refractivity contribution in [3.05, 3.63) is 0 Å². The Bertz CT molecular complexity index is 249. The lowest BCUT2D eigenvalue weighted by Gasteiger charge is -2.46. The van der Waals surface area contributed by atoms with E-state index in [-0.39, 0.29) is 11.9 Å². The number of hydrogen-bond donors (Lipinski definition) is 2. The van der Waals surface area contributed by atoms with E-state index < -0.39 is 17.2 Å². The van der Waals surface area contributed by atoms with Crippen LogP contribution >= 0.6 is 0 Å². The first-order valence-corrected chi connectivity index (χ1v) is 5.34. The first-order chi connectivity index (χ1) is 6.64. The van der Waals surface area contributed by atoms with Crippen molar-refractivity contribution in [3.8, 4) is 0 Å². The number of nitrogens with two attached hydrogens (primary N) is 1. The highest BCUT2D eigenvalue weighted by Crippen LogP contribution is 2.39. The van der Waals surface area contributed by atoms with Gasteiger partial charge in [0.05, 0.1) is 12.0 Å². The largest absolute Gasteiger partial charge is 0.460 e. The zero-order valence-electron chi connectivity index (χ0n) is 9.91. The molecular weight excluding hydrogens is 194 g/mol. The summed E-state index contributed by atoms with van der Waals surface area (Å²) in [6, 6.07) is 0. The molecule has 0 saturated heterocycles. The normalized spacial score (nSPS) is 33.1. The molecule has 0 aromatic rings. The van der Waals surface area contributed by atoms with Gasteiger partial charge in [0, 0.05) is 5.54 Å². The smallest absolute Gasteiger partial charge is 0.309 e. The summed E-state index contributed by atoms with van der Waals surface area (Å²) in [5.41, 5.74) is 4.83. The molecule has 4 heteroatoms. The van der Waals surface area contributed by atoms with Gasteiger partial charge in [-0.15, -0.1) is 0 Å². The number of aliphatic hydroxyl groups excluding tert-OH is 1. The fourth-order valence-electron chi connectivity index (χ4n) is 1.75. The monoisotopic (exact) mass is 215 g/mol. The molecular formula is C11H21NO3. The van der Waals surface area contributed by atoms with Crippen molar-refractivity contribution in [1.29, 1.82) is 0 Å². The van der Waals surface area contributed by atoms with E-state index in [4.69, 9.17) is 10.5 Å². The maximum absolute atomic E-state index is 11.6. The predicted octanol–water partition coefficient (Wildman–Crippen LogP) is 0.816. The van der Waals surface area contributed by atoms with E-state index in [9.17, 15) is 9.90 Å². The van der Waals surface area contributed by atoms with Crippen LogP contribution in [0.15, 0.2) is 0 Å². The van der Waals surface area contributed by atoms with E-state index in [1.165, 1.54) is 0 Å².